The average Bonchev–Trinajstić information content (AvgIpc) is 2.82. The zero-order valence-corrected chi connectivity index (χ0v) is 16.9. The first kappa shape index (κ1) is 18.3. The van der Waals surface area contributed by atoms with E-state index >= 15 is 0 Å². The maximum absolute atomic E-state index is 12.3. The Kier molecular flexibility index (Phi) is 4.26. The SMILES string of the molecule is CN1c2ncccc2N(C)c2c(C(O)(c3ccccc3)c3ccccc3)ccnc21. The monoisotopic (exact) mass is 394 g/mol. The molecule has 1 aliphatic heterocycles. The van der Waals surface area contributed by atoms with Gasteiger partial charge in [-0.25, -0.2) is 9.97 Å². The second-order valence-electron chi connectivity index (χ2n) is 7.44. The molecular formula is C25H22N4O. The van der Waals surface area contributed by atoms with Crippen molar-refractivity contribution in [2.24, 2.45) is 0 Å². The number of pyridine rings is 2. The Morgan fingerprint density at radius 1 is 0.667 bits per heavy atom. The third kappa shape index (κ3) is 2.60. The molecule has 0 unspecified atom stereocenters. The van der Waals surface area contributed by atoms with Gasteiger partial charge in [0.1, 0.15) is 5.60 Å². The highest BCUT2D eigenvalue weighted by atomic mass is 16.3. The average molecular weight is 394 g/mol. The molecule has 0 aliphatic carbocycles. The fourth-order valence-electron chi connectivity index (χ4n) is 4.28. The van der Waals surface area contributed by atoms with Gasteiger partial charge in [0.05, 0.1) is 11.4 Å². The van der Waals surface area contributed by atoms with Crippen LogP contribution in [0.1, 0.15) is 16.7 Å². The van der Waals surface area contributed by atoms with E-state index in [9.17, 15) is 5.11 Å². The summed E-state index contributed by atoms with van der Waals surface area (Å²) in [6.45, 7) is 0. The highest BCUT2D eigenvalue weighted by molar-refractivity contribution is 5.91. The van der Waals surface area contributed by atoms with Gasteiger partial charge in [0.15, 0.2) is 11.6 Å². The molecular weight excluding hydrogens is 372 g/mol. The normalized spacial score (nSPS) is 13.0. The van der Waals surface area contributed by atoms with Crippen molar-refractivity contribution >= 4 is 23.0 Å². The maximum atomic E-state index is 12.3. The summed E-state index contributed by atoms with van der Waals surface area (Å²) in [4.78, 5) is 13.2. The molecule has 1 aliphatic rings. The number of hydrogen-bond donors (Lipinski definition) is 1. The Morgan fingerprint density at radius 3 is 1.90 bits per heavy atom. The van der Waals surface area contributed by atoms with Gasteiger partial charge in [0.25, 0.3) is 0 Å². The highest BCUT2D eigenvalue weighted by Crippen LogP contribution is 2.50. The maximum Gasteiger partial charge on any atom is 0.158 e. The molecule has 30 heavy (non-hydrogen) atoms. The van der Waals surface area contributed by atoms with Crippen molar-refractivity contribution in [3.63, 3.8) is 0 Å². The zero-order chi connectivity index (χ0) is 20.7. The van der Waals surface area contributed by atoms with Crippen LogP contribution in [0.2, 0.25) is 0 Å². The van der Waals surface area contributed by atoms with E-state index < -0.39 is 5.60 Å². The number of benzene rings is 2. The van der Waals surface area contributed by atoms with Crippen molar-refractivity contribution in [2.45, 2.75) is 5.60 Å². The van der Waals surface area contributed by atoms with Gasteiger partial charge in [-0.2, -0.15) is 0 Å². The lowest BCUT2D eigenvalue weighted by atomic mass is 9.79. The second-order valence-corrected chi connectivity index (χ2v) is 7.44. The van der Waals surface area contributed by atoms with Gasteiger partial charge in [-0.05, 0) is 29.3 Å². The van der Waals surface area contributed by atoms with Gasteiger partial charge >= 0.3 is 0 Å². The summed E-state index contributed by atoms with van der Waals surface area (Å²) >= 11 is 0. The van der Waals surface area contributed by atoms with E-state index in [1.807, 2.05) is 97.9 Å². The minimum Gasteiger partial charge on any atom is -0.376 e. The molecule has 5 rings (SSSR count). The van der Waals surface area contributed by atoms with Crippen molar-refractivity contribution in [3.05, 3.63) is 108 Å². The minimum atomic E-state index is -1.34. The van der Waals surface area contributed by atoms with Crippen LogP contribution in [0.25, 0.3) is 0 Å². The van der Waals surface area contributed by atoms with Crippen LogP contribution in [0.4, 0.5) is 23.0 Å². The molecule has 0 atom stereocenters. The van der Waals surface area contributed by atoms with Crippen LogP contribution in [0.3, 0.4) is 0 Å². The van der Waals surface area contributed by atoms with Gasteiger partial charge in [-0.3, -0.25) is 0 Å². The van der Waals surface area contributed by atoms with Crippen molar-refractivity contribution < 1.29 is 5.11 Å². The summed E-state index contributed by atoms with van der Waals surface area (Å²) in [6, 6.07) is 25.4. The van der Waals surface area contributed by atoms with E-state index in [1.165, 1.54) is 0 Å². The Morgan fingerprint density at radius 2 is 1.27 bits per heavy atom. The summed E-state index contributed by atoms with van der Waals surface area (Å²) in [7, 11) is 3.95. The minimum absolute atomic E-state index is 0.756. The summed E-state index contributed by atoms with van der Waals surface area (Å²) in [5.41, 5.74) is 2.86. The second kappa shape index (κ2) is 6.97. The number of rotatable bonds is 3. The van der Waals surface area contributed by atoms with E-state index in [0.29, 0.717) is 0 Å². The highest BCUT2D eigenvalue weighted by Gasteiger charge is 2.40. The number of nitrogens with zero attached hydrogens (tertiary/aromatic N) is 4. The van der Waals surface area contributed by atoms with Gasteiger partial charge in [0.2, 0.25) is 0 Å². The van der Waals surface area contributed by atoms with E-state index in [0.717, 1.165) is 39.7 Å². The van der Waals surface area contributed by atoms with Gasteiger partial charge in [-0.1, -0.05) is 60.7 Å². The van der Waals surface area contributed by atoms with E-state index in [1.54, 1.807) is 12.4 Å². The van der Waals surface area contributed by atoms with Gasteiger partial charge < -0.3 is 14.9 Å². The standard InChI is InChI=1S/C25H22N4O/c1-28-21-14-9-16-26-23(21)29(2)24-22(28)20(15-17-27-24)25(30,18-10-5-3-6-11-18)19-12-7-4-8-13-19/h3-17,30H,1-2H3. The molecule has 2 aromatic carbocycles. The van der Waals surface area contributed by atoms with Crippen molar-refractivity contribution in [3.8, 4) is 0 Å². The smallest absolute Gasteiger partial charge is 0.158 e. The third-order valence-electron chi connectivity index (χ3n) is 5.78. The number of aliphatic hydroxyl groups is 1. The van der Waals surface area contributed by atoms with Crippen LogP contribution < -0.4 is 9.80 Å². The Bertz CT molecular complexity index is 1150. The number of hydrogen-bond acceptors (Lipinski definition) is 5. The summed E-state index contributed by atoms with van der Waals surface area (Å²) < 4.78 is 0. The molecule has 2 aromatic heterocycles. The largest absolute Gasteiger partial charge is 0.376 e. The van der Waals surface area contributed by atoms with Gasteiger partial charge in [-0.15, -0.1) is 0 Å². The number of aromatic nitrogens is 2. The topological polar surface area (TPSA) is 52.5 Å². The molecule has 0 fully saturated rings. The Hall–Kier alpha value is -3.70. The first-order valence-corrected chi connectivity index (χ1v) is 9.87. The molecule has 3 heterocycles. The van der Waals surface area contributed by atoms with Crippen LogP contribution >= 0.6 is 0 Å². The number of anilines is 4. The molecule has 0 spiro atoms. The first-order valence-electron chi connectivity index (χ1n) is 9.87. The molecule has 0 saturated carbocycles. The van der Waals surface area contributed by atoms with E-state index in [4.69, 9.17) is 0 Å². The Labute approximate surface area is 175 Å². The fourth-order valence-corrected chi connectivity index (χ4v) is 4.28. The fraction of sp³-hybridized carbons (Fsp3) is 0.120. The van der Waals surface area contributed by atoms with Crippen LogP contribution in [0, 0.1) is 0 Å². The molecule has 148 valence electrons. The van der Waals surface area contributed by atoms with Crippen LogP contribution in [-0.4, -0.2) is 29.2 Å². The van der Waals surface area contributed by atoms with Crippen LogP contribution in [0.5, 0.6) is 0 Å². The predicted molar refractivity (Wildman–Crippen MR) is 120 cm³/mol. The lowest BCUT2D eigenvalue weighted by Crippen LogP contribution is -2.34. The predicted octanol–water partition coefficient (Wildman–Crippen LogP) is 4.61. The Balaban J connectivity index is 1.81. The third-order valence-corrected chi connectivity index (χ3v) is 5.78. The van der Waals surface area contributed by atoms with E-state index in [2.05, 4.69) is 14.9 Å². The molecule has 4 aromatic rings. The quantitative estimate of drug-likeness (QED) is 0.550. The van der Waals surface area contributed by atoms with Crippen LogP contribution in [-0.2, 0) is 5.60 Å². The first-order chi connectivity index (χ1) is 14.6. The molecule has 0 bridgehead atoms. The summed E-state index contributed by atoms with van der Waals surface area (Å²) in [5.74, 6) is 1.59. The molecule has 0 radical (unpaired) electrons. The van der Waals surface area contributed by atoms with Crippen molar-refractivity contribution in [1.82, 2.24) is 9.97 Å². The lowest BCUT2D eigenvalue weighted by molar-refractivity contribution is 0.126. The molecule has 5 heteroatoms. The zero-order valence-electron chi connectivity index (χ0n) is 16.9. The summed E-state index contributed by atoms with van der Waals surface area (Å²) in [6.07, 6.45) is 3.53. The molecule has 0 saturated heterocycles. The summed E-state index contributed by atoms with van der Waals surface area (Å²) in [5, 5.41) is 12.3. The van der Waals surface area contributed by atoms with Gasteiger partial charge in [0, 0.05) is 32.1 Å². The van der Waals surface area contributed by atoms with E-state index in [-0.39, 0.29) is 0 Å². The lowest BCUT2D eigenvalue weighted by Gasteiger charge is -2.39. The van der Waals surface area contributed by atoms with Crippen LogP contribution in [0.15, 0.2) is 91.3 Å². The molecule has 5 nitrogen and oxygen atoms in total. The molecule has 1 N–H and O–H groups in total. The van der Waals surface area contributed by atoms with Crippen molar-refractivity contribution in [2.75, 3.05) is 23.9 Å². The number of fused-ring (bicyclic) bond motifs is 2. The van der Waals surface area contributed by atoms with Crippen molar-refractivity contribution in [1.29, 1.82) is 0 Å². The molecule has 0 amide bonds.